The van der Waals surface area contributed by atoms with Crippen LogP contribution in [0.3, 0.4) is 0 Å². The highest BCUT2D eigenvalue weighted by Crippen LogP contribution is 2.25. The van der Waals surface area contributed by atoms with Crippen molar-refractivity contribution in [3.05, 3.63) is 36.0 Å². The lowest BCUT2D eigenvalue weighted by molar-refractivity contribution is 0.277. The summed E-state index contributed by atoms with van der Waals surface area (Å²) in [5.74, 6) is 0.852. The topological polar surface area (TPSA) is 56.6 Å². The molecule has 18 heavy (non-hydrogen) atoms. The van der Waals surface area contributed by atoms with Crippen molar-refractivity contribution in [1.29, 1.82) is 0 Å². The Bertz CT molecular complexity index is 528. The lowest BCUT2D eigenvalue weighted by Gasteiger charge is -2.20. The molecule has 0 amide bonds. The molecular formula is C14H18N2O2. The Kier molecular flexibility index (Phi) is 4.12. The molecular weight excluding hydrogens is 228 g/mol. The number of fused-ring (bicyclic) bond motifs is 1. The lowest BCUT2D eigenvalue weighted by Crippen LogP contribution is -2.21. The zero-order valence-corrected chi connectivity index (χ0v) is 10.5. The van der Waals surface area contributed by atoms with Gasteiger partial charge in [-0.2, -0.15) is 0 Å². The van der Waals surface area contributed by atoms with Crippen molar-refractivity contribution in [1.82, 2.24) is 4.98 Å². The van der Waals surface area contributed by atoms with E-state index in [4.69, 9.17) is 5.11 Å². The largest absolute Gasteiger partial charge is 0.396 e. The first-order chi connectivity index (χ1) is 8.76. The summed E-state index contributed by atoms with van der Waals surface area (Å²) in [7, 11) is 1.95. The summed E-state index contributed by atoms with van der Waals surface area (Å²) in [5.41, 5.74) is 0.666. The van der Waals surface area contributed by atoms with E-state index < -0.39 is 0 Å². The van der Waals surface area contributed by atoms with Gasteiger partial charge in [-0.3, -0.25) is 0 Å². The van der Waals surface area contributed by atoms with Crippen LogP contribution in [0.1, 0.15) is 12.1 Å². The van der Waals surface area contributed by atoms with E-state index in [1.54, 1.807) is 0 Å². The molecule has 0 aliphatic carbocycles. The minimum absolute atomic E-state index is 0.0638. The molecule has 1 heterocycles. The van der Waals surface area contributed by atoms with Gasteiger partial charge in [0.2, 0.25) is 0 Å². The highest BCUT2D eigenvalue weighted by atomic mass is 16.3. The second-order valence-corrected chi connectivity index (χ2v) is 4.32. The van der Waals surface area contributed by atoms with Crippen LogP contribution in [-0.2, 0) is 6.61 Å². The number of nitrogens with zero attached hydrogens (tertiary/aromatic N) is 2. The Morgan fingerprint density at radius 1 is 1.22 bits per heavy atom. The number of hydrogen-bond acceptors (Lipinski definition) is 4. The molecule has 0 fully saturated rings. The third kappa shape index (κ3) is 2.60. The smallest absolute Gasteiger partial charge is 0.136 e. The number of aliphatic hydroxyl groups excluding tert-OH is 2. The number of benzene rings is 1. The van der Waals surface area contributed by atoms with E-state index in [0.717, 1.165) is 23.1 Å². The second-order valence-electron chi connectivity index (χ2n) is 4.32. The van der Waals surface area contributed by atoms with E-state index in [0.29, 0.717) is 12.1 Å². The van der Waals surface area contributed by atoms with Crippen LogP contribution in [0.5, 0.6) is 0 Å². The maximum Gasteiger partial charge on any atom is 0.136 e. The second kappa shape index (κ2) is 5.80. The summed E-state index contributed by atoms with van der Waals surface area (Å²) >= 11 is 0. The van der Waals surface area contributed by atoms with Crippen molar-refractivity contribution in [2.24, 2.45) is 0 Å². The van der Waals surface area contributed by atoms with Gasteiger partial charge < -0.3 is 15.1 Å². The van der Waals surface area contributed by atoms with Gasteiger partial charge in [-0.15, -0.1) is 0 Å². The van der Waals surface area contributed by atoms with Crippen LogP contribution in [0.15, 0.2) is 30.3 Å². The molecule has 0 saturated carbocycles. The standard InChI is InChI=1S/C14H18N2O2/c1-16(7-4-8-17)14-13-6-3-2-5-11(13)9-12(10-18)15-14/h2-3,5-6,9,17-18H,4,7-8,10H2,1H3. The van der Waals surface area contributed by atoms with E-state index >= 15 is 0 Å². The predicted octanol–water partition coefficient (Wildman–Crippen LogP) is 1.55. The van der Waals surface area contributed by atoms with Gasteiger partial charge in [-0.05, 0) is 17.9 Å². The zero-order valence-electron chi connectivity index (χ0n) is 10.5. The minimum Gasteiger partial charge on any atom is -0.396 e. The monoisotopic (exact) mass is 246 g/mol. The summed E-state index contributed by atoms with van der Waals surface area (Å²) in [6.45, 7) is 0.843. The third-order valence-corrected chi connectivity index (χ3v) is 2.95. The van der Waals surface area contributed by atoms with Crippen LogP contribution in [0.25, 0.3) is 10.8 Å². The SMILES string of the molecule is CN(CCCO)c1nc(CO)cc2ccccc12. The molecule has 1 aromatic heterocycles. The van der Waals surface area contributed by atoms with Crippen LogP contribution < -0.4 is 4.90 Å². The minimum atomic E-state index is -0.0638. The molecule has 4 nitrogen and oxygen atoms in total. The van der Waals surface area contributed by atoms with Crippen molar-refractivity contribution in [3.8, 4) is 0 Å². The number of pyridine rings is 1. The maximum absolute atomic E-state index is 9.26. The van der Waals surface area contributed by atoms with Gasteiger partial charge in [-0.1, -0.05) is 24.3 Å². The average Bonchev–Trinajstić information content (AvgIpc) is 2.43. The summed E-state index contributed by atoms with van der Waals surface area (Å²) < 4.78 is 0. The van der Waals surface area contributed by atoms with Gasteiger partial charge in [0.15, 0.2) is 0 Å². The molecule has 0 aliphatic rings. The molecule has 2 rings (SSSR count). The molecule has 0 spiro atoms. The first-order valence-electron chi connectivity index (χ1n) is 6.07. The summed E-state index contributed by atoms with van der Waals surface area (Å²) in [4.78, 5) is 6.48. The Balaban J connectivity index is 2.46. The molecule has 0 saturated heterocycles. The van der Waals surface area contributed by atoms with Crippen molar-refractivity contribution >= 4 is 16.6 Å². The van der Waals surface area contributed by atoms with Crippen LogP contribution >= 0.6 is 0 Å². The molecule has 2 N–H and O–H groups in total. The van der Waals surface area contributed by atoms with Gasteiger partial charge in [0, 0.05) is 25.6 Å². The fourth-order valence-electron chi connectivity index (χ4n) is 2.02. The molecule has 0 radical (unpaired) electrons. The van der Waals surface area contributed by atoms with E-state index in [1.165, 1.54) is 0 Å². The predicted molar refractivity (Wildman–Crippen MR) is 72.6 cm³/mol. The fourth-order valence-corrected chi connectivity index (χ4v) is 2.02. The van der Waals surface area contributed by atoms with E-state index in [9.17, 15) is 5.11 Å². The quantitative estimate of drug-likeness (QED) is 0.840. The summed E-state index contributed by atoms with van der Waals surface area (Å²) in [5, 5.41) is 20.3. The maximum atomic E-state index is 9.26. The molecule has 0 bridgehead atoms. The number of aliphatic hydroxyl groups is 2. The molecule has 0 atom stereocenters. The van der Waals surface area contributed by atoms with Gasteiger partial charge in [0.05, 0.1) is 12.3 Å². The fraction of sp³-hybridized carbons (Fsp3) is 0.357. The average molecular weight is 246 g/mol. The highest BCUT2D eigenvalue weighted by molar-refractivity contribution is 5.92. The first-order valence-corrected chi connectivity index (χ1v) is 6.07. The van der Waals surface area contributed by atoms with Gasteiger partial charge in [-0.25, -0.2) is 4.98 Å². The number of hydrogen-bond donors (Lipinski definition) is 2. The van der Waals surface area contributed by atoms with Crippen LogP contribution in [-0.4, -0.2) is 35.4 Å². The first kappa shape index (κ1) is 12.8. The molecule has 4 heteroatoms. The van der Waals surface area contributed by atoms with Gasteiger partial charge in [0.25, 0.3) is 0 Å². The highest BCUT2D eigenvalue weighted by Gasteiger charge is 2.09. The molecule has 0 unspecified atom stereocenters. The van der Waals surface area contributed by atoms with Crippen molar-refractivity contribution in [2.45, 2.75) is 13.0 Å². The normalized spacial score (nSPS) is 10.8. The Labute approximate surface area is 107 Å². The third-order valence-electron chi connectivity index (χ3n) is 2.95. The Morgan fingerprint density at radius 3 is 2.72 bits per heavy atom. The van der Waals surface area contributed by atoms with Crippen LogP contribution in [0.4, 0.5) is 5.82 Å². The van der Waals surface area contributed by atoms with Crippen LogP contribution in [0, 0.1) is 0 Å². The van der Waals surface area contributed by atoms with E-state index in [2.05, 4.69) is 4.98 Å². The molecule has 2 aromatic rings. The number of rotatable bonds is 5. The van der Waals surface area contributed by atoms with E-state index in [1.807, 2.05) is 42.3 Å². The van der Waals surface area contributed by atoms with Crippen LogP contribution in [0.2, 0.25) is 0 Å². The molecule has 1 aromatic carbocycles. The number of anilines is 1. The van der Waals surface area contributed by atoms with Crippen molar-refractivity contribution in [3.63, 3.8) is 0 Å². The Morgan fingerprint density at radius 2 is 2.00 bits per heavy atom. The number of aromatic nitrogens is 1. The summed E-state index contributed by atoms with van der Waals surface area (Å²) in [6, 6.07) is 9.89. The Hall–Kier alpha value is -1.65. The summed E-state index contributed by atoms with van der Waals surface area (Å²) in [6.07, 6.45) is 0.704. The van der Waals surface area contributed by atoms with Crippen molar-refractivity contribution in [2.75, 3.05) is 25.1 Å². The molecule has 0 aliphatic heterocycles. The lowest BCUT2D eigenvalue weighted by atomic mass is 10.1. The van der Waals surface area contributed by atoms with Gasteiger partial charge in [0.1, 0.15) is 5.82 Å². The van der Waals surface area contributed by atoms with E-state index in [-0.39, 0.29) is 13.2 Å². The zero-order chi connectivity index (χ0) is 13.0. The van der Waals surface area contributed by atoms with Gasteiger partial charge >= 0.3 is 0 Å². The molecule has 96 valence electrons. The van der Waals surface area contributed by atoms with Crippen molar-refractivity contribution < 1.29 is 10.2 Å².